The summed E-state index contributed by atoms with van der Waals surface area (Å²) in [5, 5.41) is 13.0. The van der Waals surface area contributed by atoms with E-state index in [2.05, 4.69) is 17.5 Å². The third kappa shape index (κ3) is 3.73. The fourth-order valence-electron chi connectivity index (χ4n) is 2.64. The SMILES string of the molecule is Cc1cc(C(O)CCNC(=O)C2CC=CCC2)c(C)o1. The molecule has 2 unspecified atom stereocenters. The number of rotatable bonds is 5. The summed E-state index contributed by atoms with van der Waals surface area (Å²) >= 11 is 0. The van der Waals surface area contributed by atoms with Crippen molar-refractivity contribution in [2.45, 2.75) is 45.6 Å². The molecule has 20 heavy (non-hydrogen) atoms. The van der Waals surface area contributed by atoms with Gasteiger partial charge in [0.2, 0.25) is 5.91 Å². The molecule has 0 saturated carbocycles. The van der Waals surface area contributed by atoms with Gasteiger partial charge in [-0.25, -0.2) is 0 Å². The van der Waals surface area contributed by atoms with Crippen LogP contribution < -0.4 is 5.32 Å². The van der Waals surface area contributed by atoms with Gasteiger partial charge in [-0.15, -0.1) is 0 Å². The zero-order valence-electron chi connectivity index (χ0n) is 12.2. The van der Waals surface area contributed by atoms with Gasteiger partial charge in [-0.2, -0.15) is 0 Å². The van der Waals surface area contributed by atoms with Crippen LogP contribution in [0.15, 0.2) is 22.6 Å². The Kier molecular flexibility index (Phi) is 5.01. The lowest BCUT2D eigenvalue weighted by Crippen LogP contribution is -2.32. The molecule has 1 aromatic rings. The largest absolute Gasteiger partial charge is 0.466 e. The number of aliphatic hydroxyl groups is 1. The van der Waals surface area contributed by atoms with Gasteiger partial charge in [-0.1, -0.05) is 12.2 Å². The van der Waals surface area contributed by atoms with E-state index in [1.807, 2.05) is 19.9 Å². The molecule has 110 valence electrons. The van der Waals surface area contributed by atoms with Crippen molar-refractivity contribution in [3.8, 4) is 0 Å². The van der Waals surface area contributed by atoms with Gasteiger partial charge in [-0.05, 0) is 45.6 Å². The van der Waals surface area contributed by atoms with Crippen LogP contribution in [0.5, 0.6) is 0 Å². The number of aryl methyl sites for hydroxylation is 2. The van der Waals surface area contributed by atoms with Crippen LogP contribution in [0.25, 0.3) is 0 Å². The quantitative estimate of drug-likeness (QED) is 0.813. The highest BCUT2D eigenvalue weighted by molar-refractivity contribution is 5.78. The number of amides is 1. The van der Waals surface area contributed by atoms with E-state index in [4.69, 9.17) is 4.42 Å². The maximum absolute atomic E-state index is 11.9. The maximum atomic E-state index is 11.9. The monoisotopic (exact) mass is 277 g/mol. The molecule has 0 saturated heterocycles. The highest BCUT2D eigenvalue weighted by atomic mass is 16.3. The van der Waals surface area contributed by atoms with E-state index in [0.29, 0.717) is 13.0 Å². The Balaban J connectivity index is 1.76. The summed E-state index contributed by atoms with van der Waals surface area (Å²) in [7, 11) is 0. The van der Waals surface area contributed by atoms with E-state index in [0.717, 1.165) is 36.3 Å². The van der Waals surface area contributed by atoms with Crippen molar-refractivity contribution >= 4 is 5.91 Å². The third-order valence-corrected chi connectivity index (χ3v) is 3.80. The van der Waals surface area contributed by atoms with Gasteiger partial charge in [0.1, 0.15) is 11.5 Å². The number of aliphatic hydroxyl groups excluding tert-OH is 1. The van der Waals surface area contributed by atoms with Crippen LogP contribution in [0, 0.1) is 19.8 Å². The second-order valence-electron chi connectivity index (χ2n) is 5.45. The Labute approximate surface area is 119 Å². The van der Waals surface area contributed by atoms with Gasteiger partial charge in [-0.3, -0.25) is 4.79 Å². The molecule has 1 aliphatic rings. The Bertz CT molecular complexity index is 490. The van der Waals surface area contributed by atoms with Gasteiger partial charge in [0, 0.05) is 18.0 Å². The highest BCUT2D eigenvalue weighted by Gasteiger charge is 2.19. The second-order valence-corrected chi connectivity index (χ2v) is 5.45. The number of hydrogen-bond acceptors (Lipinski definition) is 3. The Morgan fingerprint density at radius 2 is 2.30 bits per heavy atom. The molecule has 0 aromatic carbocycles. The summed E-state index contributed by atoms with van der Waals surface area (Å²) in [6.07, 6.45) is 6.85. The van der Waals surface area contributed by atoms with Crippen molar-refractivity contribution in [3.05, 3.63) is 35.3 Å². The highest BCUT2D eigenvalue weighted by Crippen LogP contribution is 2.23. The van der Waals surface area contributed by atoms with Crippen molar-refractivity contribution < 1.29 is 14.3 Å². The van der Waals surface area contributed by atoms with Crippen molar-refractivity contribution in [2.24, 2.45) is 5.92 Å². The van der Waals surface area contributed by atoms with Crippen molar-refractivity contribution in [3.63, 3.8) is 0 Å². The molecule has 2 rings (SSSR count). The molecule has 0 spiro atoms. The van der Waals surface area contributed by atoms with Gasteiger partial charge in [0.15, 0.2) is 0 Å². The van der Waals surface area contributed by atoms with E-state index in [9.17, 15) is 9.90 Å². The molecule has 4 nitrogen and oxygen atoms in total. The molecular formula is C16H23NO3. The van der Waals surface area contributed by atoms with Gasteiger partial charge in [0.25, 0.3) is 0 Å². The van der Waals surface area contributed by atoms with Crippen molar-refractivity contribution in [2.75, 3.05) is 6.54 Å². The van der Waals surface area contributed by atoms with E-state index in [1.165, 1.54) is 0 Å². The number of hydrogen-bond donors (Lipinski definition) is 2. The van der Waals surface area contributed by atoms with Crippen LogP contribution >= 0.6 is 0 Å². The number of allylic oxidation sites excluding steroid dienone is 2. The molecule has 4 heteroatoms. The molecule has 0 fully saturated rings. The first kappa shape index (κ1) is 14.9. The molecule has 0 bridgehead atoms. The minimum atomic E-state index is -0.584. The summed E-state index contributed by atoms with van der Waals surface area (Å²) in [5.41, 5.74) is 0.817. The van der Waals surface area contributed by atoms with Gasteiger partial charge >= 0.3 is 0 Å². The van der Waals surface area contributed by atoms with Crippen molar-refractivity contribution in [1.82, 2.24) is 5.32 Å². The van der Waals surface area contributed by atoms with Gasteiger partial charge in [0.05, 0.1) is 6.10 Å². The zero-order valence-corrected chi connectivity index (χ0v) is 12.2. The number of carbonyl (C=O) groups excluding carboxylic acids is 1. The summed E-state index contributed by atoms with van der Waals surface area (Å²) in [4.78, 5) is 11.9. The standard InChI is InChI=1S/C16H23NO3/c1-11-10-14(12(2)20-11)15(18)8-9-17-16(19)13-6-4-3-5-7-13/h3-4,10,13,15,18H,5-9H2,1-2H3,(H,17,19). The number of carbonyl (C=O) groups is 1. The molecule has 0 radical (unpaired) electrons. The second kappa shape index (κ2) is 6.75. The Hall–Kier alpha value is -1.55. The summed E-state index contributed by atoms with van der Waals surface area (Å²) in [6.45, 7) is 4.20. The summed E-state index contributed by atoms with van der Waals surface area (Å²) < 4.78 is 5.40. The smallest absolute Gasteiger partial charge is 0.223 e. The molecule has 1 aromatic heterocycles. The van der Waals surface area contributed by atoms with Crippen LogP contribution in [0.2, 0.25) is 0 Å². The zero-order chi connectivity index (χ0) is 14.5. The van der Waals surface area contributed by atoms with Crippen LogP contribution in [0.3, 0.4) is 0 Å². The van der Waals surface area contributed by atoms with Crippen LogP contribution in [-0.4, -0.2) is 17.6 Å². The van der Waals surface area contributed by atoms with E-state index in [1.54, 1.807) is 0 Å². The summed E-state index contributed by atoms with van der Waals surface area (Å²) in [5.74, 6) is 1.74. The average Bonchev–Trinajstić information content (AvgIpc) is 2.78. The topological polar surface area (TPSA) is 62.5 Å². The third-order valence-electron chi connectivity index (χ3n) is 3.80. The molecule has 1 heterocycles. The Morgan fingerprint density at radius 3 is 2.90 bits per heavy atom. The molecule has 0 aliphatic heterocycles. The van der Waals surface area contributed by atoms with Gasteiger partial charge < -0.3 is 14.8 Å². The first-order valence-corrected chi connectivity index (χ1v) is 7.25. The maximum Gasteiger partial charge on any atom is 0.223 e. The summed E-state index contributed by atoms with van der Waals surface area (Å²) in [6, 6.07) is 1.85. The molecule has 1 amide bonds. The lowest BCUT2D eigenvalue weighted by atomic mass is 9.93. The first-order valence-electron chi connectivity index (χ1n) is 7.25. The van der Waals surface area contributed by atoms with Crippen LogP contribution in [0.1, 0.15) is 48.9 Å². The lowest BCUT2D eigenvalue weighted by molar-refractivity contribution is -0.125. The van der Waals surface area contributed by atoms with Crippen LogP contribution in [-0.2, 0) is 4.79 Å². The van der Waals surface area contributed by atoms with Crippen LogP contribution in [0.4, 0.5) is 0 Å². The molecule has 2 atom stereocenters. The normalized spacial score (nSPS) is 19.9. The lowest BCUT2D eigenvalue weighted by Gasteiger charge is -2.18. The predicted octanol–water partition coefficient (Wildman–Crippen LogP) is 2.79. The number of nitrogens with one attached hydrogen (secondary N) is 1. The van der Waals surface area contributed by atoms with E-state index >= 15 is 0 Å². The molecule has 2 N–H and O–H groups in total. The fraction of sp³-hybridized carbons (Fsp3) is 0.562. The molecule has 1 aliphatic carbocycles. The minimum absolute atomic E-state index is 0.0926. The fourth-order valence-corrected chi connectivity index (χ4v) is 2.64. The predicted molar refractivity (Wildman–Crippen MR) is 77.2 cm³/mol. The van der Waals surface area contributed by atoms with Crippen molar-refractivity contribution in [1.29, 1.82) is 0 Å². The average molecular weight is 277 g/mol. The number of furan rings is 1. The van der Waals surface area contributed by atoms with E-state index < -0.39 is 6.10 Å². The molecular weight excluding hydrogens is 254 g/mol. The van der Waals surface area contributed by atoms with E-state index in [-0.39, 0.29) is 11.8 Å². The Morgan fingerprint density at radius 1 is 1.50 bits per heavy atom. The first-order chi connectivity index (χ1) is 9.58. The minimum Gasteiger partial charge on any atom is -0.466 e.